The first-order chi connectivity index (χ1) is 13.5. The zero-order chi connectivity index (χ0) is 21.5. The number of benzene rings is 2. The molecule has 0 spiro atoms. The maximum atomic E-state index is 11.2. The molecule has 0 aliphatic rings. The molecule has 0 aromatic heterocycles. The fourth-order valence-corrected chi connectivity index (χ4v) is 3.67. The Hall–Kier alpha value is -2.01. The van der Waals surface area contributed by atoms with Crippen LogP contribution in [0, 0.1) is 0 Å². The highest BCUT2D eigenvalue weighted by molar-refractivity contribution is 7.92. The van der Waals surface area contributed by atoms with Gasteiger partial charge in [0.15, 0.2) is 0 Å². The lowest BCUT2D eigenvalue weighted by molar-refractivity contribution is 0.239. The van der Waals surface area contributed by atoms with E-state index in [-0.39, 0.29) is 12.4 Å². The van der Waals surface area contributed by atoms with Gasteiger partial charge in [0, 0.05) is 24.5 Å². The molecular weight excluding hydrogens is 450 g/mol. The average molecular weight is 478 g/mol. The summed E-state index contributed by atoms with van der Waals surface area (Å²) in [4.78, 5) is 2.14. The maximum absolute atomic E-state index is 11.2. The van der Waals surface area contributed by atoms with Crippen LogP contribution in [0.1, 0.15) is 5.56 Å². The maximum Gasteiger partial charge on any atom is 0.229 e. The standard InChI is InChI=1S/C19H27N3O5S2.ClH/c1-22(13-12-16-4-6-17(7-5-16)20-28(2,23)24)14-15-27-19-10-8-18(9-11-19)21-29(3,25)26;/h4-11,20-21H,12-15H2,1-3H3;1H. The largest absolute Gasteiger partial charge is 0.492 e. The molecule has 0 bridgehead atoms. The molecule has 2 rings (SSSR count). The Morgan fingerprint density at radius 3 is 1.73 bits per heavy atom. The Morgan fingerprint density at radius 2 is 1.27 bits per heavy atom. The summed E-state index contributed by atoms with van der Waals surface area (Å²) in [7, 11) is -4.55. The first kappa shape index (κ1) is 26.0. The molecule has 0 amide bonds. The summed E-state index contributed by atoms with van der Waals surface area (Å²) >= 11 is 0. The van der Waals surface area contributed by atoms with E-state index in [0.717, 1.165) is 37.6 Å². The van der Waals surface area contributed by atoms with E-state index >= 15 is 0 Å². The normalized spacial score (nSPS) is 11.6. The Labute approximate surface area is 185 Å². The van der Waals surface area contributed by atoms with Gasteiger partial charge in [0.25, 0.3) is 0 Å². The molecule has 30 heavy (non-hydrogen) atoms. The second kappa shape index (κ2) is 11.4. The molecule has 0 heterocycles. The van der Waals surface area contributed by atoms with Crippen LogP contribution in [0.3, 0.4) is 0 Å². The van der Waals surface area contributed by atoms with Crippen molar-refractivity contribution in [1.29, 1.82) is 0 Å². The van der Waals surface area contributed by atoms with Gasteiger partial charge in [-0.2, -0.15) is 0 Å². The van der Waals surface area contributed by atoms with Crippen molar-refractivity contribution in [2.45, 2.75) is 6.42 Å². The van der Waals surface area contributed by atoms with Gasteiger partial charge in [-0.05, 0) is 55.4 Å². The van der Waals surface area contributed by atoms with Gasteiger partial charge in [0.2, 0.25) is 20.0 Å². The molecule has 0 saturated carbocycles. The fraction of sp³-hybridized carbons (Fsp3) is 0.368. The minimum Gasteiger partial charge on any atom is -0.492 e. The van der Waals surface area contributed by atoms with Crippen LogP contribution in [0.15, 0.2) is 48.5 Å². The quantitative estimate of drug-likeness (QED) is 0.515. The molecule has 168 valence electrons. The molecule has 2 aromatic carbocycles. The van der Waals surface area contributed by atoms with Gasteiger partial charge >= 0.3 is 0 Å². The van der Waals surface area contributed by atoms with Crippen molar-refractivity contribution in [3.63, 3.8) is 0 Å². The SMILES string of the molecule is CN(CCOc1ccc(NS(C)(=O)=O)cc1)CCc1ccc(NS(C)(=O)=O)cc1.Cl. The van der Waals surface area contributed by atoms with Crippen LogP contribution in [-0.2, 0) is 26.5 Å². The minimum absolute atomic E-state index is 0. The van der Waals surface area contributed by atoms with Gasteiger partial charge in [-0.3, -0.25) is 9.44 Å². The van der Waals surface area contributed by atoms with Gasteiger partial charge in [-0.15, -0.1) is 12.4 Å². The van der Waals surface area contributed by atoms with Crippen molar-refractivity contribution in [3.8, 4) is 5.75 Å². The van der Waals surface area contributed by atoms with Gasteiger partial charge in [0.1, 0.15) is 12.4 Å². The van der Waals surface area contributed by atoms with Crippen LogP contribution in [0.2, 0.25) is 0 Å². The lowest BCUT2D eigenvalue weighted by Gasteiger charge is -2.17. The van der Waals surface area contributed by atoms with E-state index in [4.69, 9.17) is 4.74 Å². The Balaban J connectivity index is 0.00000450. The van der Waals surface area contributed by atoms with Crippen LogP contribution >= 0.6 is 12.4 Å². The van der Waals surface area contributed by atoms with E-state index in [1.54, 1.807) is 36.4 Å². The lowest BCUT2D eigenvalue weighted by atomic mass is 10.1. The fourth-order valence-electron chi connectivity index (χ4n) is 2.54. The monoisotopic (exact) mass is 477 g/mol. The van der Waals surface area contributed by atoms with Crippen molar-refractivity contribution in [3.05, 3.63) is 54.1 Å². The minimum atomic E-state index is -3.29. The van der Waals surface area contributed by atoms with E-state index in [9.17, 15) is 16.8 Å². The van der Waals surface area contributed by atoms with E-state index in [2.05, 4.69) is 14.3 Å². The number of rotatable bonds is 11. The van der Waals surface area contributed by atoms with Crippen molar-refractivity contribution in [2.24, 2.45) is 0 Å². The number of anilines is 2. The number of nitrogens with one attached hydrogen (secondary N) is 2. The first-order valence-corrected chi connectivity index (χ1v) is 12.7. The highest BCUT2D eigenvalue weighted by Gasteiger charge is 2.05. The van der Waals surface area contributed by atoms with Crippen molar-refractivity contribution in [2.75, 3.05) is 48.7 Å². The summed E-state index contributed by atoms with van der Waals surface area (Å²) in [5, 5.41) is 0. The number of likely N-dealkylation sites (N-methyl/N-ethyl adjacent to an activating group) is 1. The third-order valence-electron chi connectivity index (χ3n) is 3.94. The van der Waals surface area contributed by atoms with Crippen LogP contribution in [0.4, 0.5) is 11.4 Å². The van der Waals surface area contributed by atoms with E-state index in [1.165, 1.54) is 0 Å². The topological polar surface area (TPSA) is 105 Å². The van der Waals surface area contributed by atoms with E-state index in [1.807, 2.05) is 19.2 Å². The average Bonchev–Trinajstić information content (AvgIpc) is 2.60. The molecule has 0 unspecified atom stereocenters. The first-order valence-electron chi connectivity index (χ1n) is 8.96. The highest BCUT2D eigenvalue weighted by Crippen LogP contribution is 2.16. The summed E-state index contributed by atoms with van der Waals surface area (Å²) in [5.74, 6) is 0.673. The van der Waals surface area contributed by atoms with Crippen molar-refractivity contribution in [1.82, 2.24) is 4.90 Å². The number of hydrogen-bond acceptors (Lipinski definition) is 6. The number of halogens is 1. The molecule has 0 radical (unpaired) electrons. The number of hydrogen-bond donors (Lipinski definition) is 2. The smallest absolute Gasteiger partial charge is 0.229 e. The van der Waals surface area contributed by atoms with Gasteiger partial charge in [0.05, 0.1) is 12.5 Å². The predicted molar refractivity (Wildman–Crippen MR) is 124 cm³/mol. The Morgan fingerprint density at radius 1 is 0.800 bits per heavy atom. The highest BCUT2D eigenvalue weighted by atomic mass is 35.5. The van der Waals surface area contributed by atoms with Crippen LogP contribution in [0.5, 0.6) is 5.75 Å². The summed E-state index contributed by atoms with van der Waals surface area (Å²) in [6.45, 7) is 2.07. The summed E-state index contributed by atoms with van der Waals surface area (Å²) in [6.07, 6.45) is 3.06. The molecule has 2 N–H and O–H groups in total. The van der Waals surface area contributed by atoms with Crippen LogP contribution in [0.25, 0.3) is 0 Å². The molecule has 0 fully saturated rings. The molecule has 0 aliphatic heterocycles. The van der Waals surface area contributed by atoms with Crippen molar-refractivity contribution < 1.29 is 21.6 Å². The molecule has 8 nitrogen and oxygen atoms in total. The second-order valence-electron chi connectivity index (χ2n) is 6.87. The number of ether oxygens (including phenoxy) is 1. The molecule has 0 aliphatic carbocycles. The molecule has 2 aromatic rings. The van der Waals surface area contributed by atoms with Gasteiger partial charge in [-0.25, -0.2) is 16.8 Å². The molecular formula is C19H28ClN3O5S2. The Bertz CT molecular complexity index is 995. The number of nitrogens with zero attached hydrogens (tertiary/aromatic N) is 1. The second-order valence-corrected chi connectivity index (χ2v) is 10.4. The van der Waals surface area contributed by atoms with Gasteiger partial charge < -0.3 is 9.64 Å². The Kier molecular flexibility index (Phi) is 9.89. The van der Waals surface area contributed by atoms with Crippen LogP contribution in [-0.4, -0.2) is 61.0 Å². The summed E-state index contributed by atoms with van der Waals surface area (Å²) < 4.78 is 55.4. The third-order valence-corrected chi connectivity index (χ3v) is 5.15. The summed E-state index contributed by atoms with van der Waals surface area (Å²) in [6, 6.07) is 14.1. The van der Waals surface area contributed by atoms with Gasteiger partial charge in [-0.1, -0.05) is 12.1 Å². The van der Waals surface area contributed by atoms with Crippen molar-refractivity contribution >= 4 is 43.8 Å². The molecule has 11 heteroatoms. The van der Waals surface area contributed by atoms with E-state index in [0.29, 0.717) is 23.7 Å². The molecule has 0 atom stereocenters. The third kappa shape index (κ3) is 10.7. The number of sulfonamides is 2. The zero-order valence-electron chi connectivity index (χ0n) is 17.2. The van der Waals surface area contributed by atoms with Crippen LogP contribution < -0.4 is 14.2 Å². The predicted octanol–water partition coefficient (Wildman–Crippen LogP) is 2.40. The molecule has 0 saturated heterocycles. The summed E-state index contributed by atoms with van der Waals surface area (Å²) in [5.41, 5.74) is 2.16. The zero-order valence-corrected chi connectivity index (χ0v) is 19.6. The van der Waals surface area contributed by atoms with E-state index < -0.39 is 20.0 Å². The lowest BCUT2D eigenvalue weighted by Crippen LogP contribution is -2.26.